The summed E-state index contributed by atoms with van der Waals surface area (Å²) in [5, 5.41) is 2.85. The quantitative estimate of drug-likeness (QED) is 0.813. The molecule has 0 saturated carbocycles. The number of amides is 1. The van der Waals surface area contributed by atoms with E-state index in [2.05, 4.69) is 28.1 Å². The molecule has 6 nitrogen and oxygen atoms in total. The van der Waals surface area contributed by atoms with Crippen molar-refractivity contribution < 1.29 is 14.3 Å². The first-order valence-electron chi connectivity index (χ1n) is 8.44. The Kier molecular flexibility index (Phi) is 6.87. The van der Waals surface area contributed by atoms with Crippen molar-refractivity contribution in [3.8, 4) is 11.5 Å². The fourth-order valence-electron chi connectivity index (χ4n) is 3.00. The van der Waals surface area contributed by atoms with E-state index < -0.39 is 0 Å². The molecule has 0 atom stereocenters. The Bertz CT molecular complexity index is 555. The standard InChI is InChI=1S/C18H29N3O3/c1-14-11-17(23-3)18(24-4)12-16(14)13-21-9-7-20(8-10-21)6-5-19-15(2)22/h11-12H,5-10,13H2,1-4H3,(H,19,22). The number of hydrogen-bond donors (Lipinski definition) is 1. The number of methoxy groups -OCH3 is 2. The van der Waals surface area contributed by atoms with Gasteiger partial charge in [-0.05, 0) is 30.2 Å². The van der Waals surface area contributed by atoms with Gasteiger partial charge in [0, 0.05) is 52.7 Å². The molecule has 6 heteroatoms. The van der Waals surface area contributed by atoms with E-state index in [-0.39, 0.29) is 5.91 Å². The van der Waals surface area contributed by atoms with Crippen molar-refractivity contribution in [1.82, 2.24) is 15.1 Å². The van der Waals surface area contributed by atoms with E-state index in [1.54, 1.807) is 21.1 Å². The summed E-state index contributed by atoms with van der Waals surface area (Å²) in [5.74, 6) is 1.60. The van der Waals surface area contributed by atoms with Crippen molar-refractivity contribution >= 4 is 5.91 Å². The zero-order valence-electron chi connectivity index (χ0n) is 15.2. The zero-order chi connectivity index (χ0) is 17.5. The average Bonchev–Trinajstić information content (AvgIpc) is 2.57. The molecule has 0 spiro atoms. The molecule has 0 radical (unpaired) electrons. The Hall–Kier alpha value is -1.79. The van der Waals surface area contributed by atoms with Crippen LogP contribution in [-0.2, 0) is 11.3 Å². The highest BCUT2D eigenvalue weighted by molar-refractivity contribution is 5.72. The Morgan fingerprint density at radius 3 is 2.25 bits per heavy atom. The van der Waals surface area contributed by atoms with Crippen LogP contribution < -0.4 is 14.8 Å². The molecule has 24 heavy (non-hydrogen) atoms. The third-order valence-electron chi connectivity index (χ3n) is 4.50. The number of aryl methyl sites for hydroxylation is 1. The Morgan fingerprint density at radius 1 is 1.08 bits per heavy atom. The largest absolute Gasteiger partial charge is 0.493 e. The van der Waals surface area contributed by atoms with E-state index in [1.807, 2.05) is 6.07 Å². The van der Waals surface area contributed by atoms with E-state index in [9.17, 15) is 4.79 Å². The van der Waals surface area contributed by atoms with Crippen LogP contribution in [0, 0.1) is 6.92 Å². The minimum atomic E-state index is 0.0394. The fraction of sp³-hybridized carbons (Fsp3) is 0.611. The van der Waals surface area contributed by atoms with Gasteiger partial charge in [-0.3, -0.25) is 14.6 Å². The maximum atomic E-state index is 10.9. The number of rotatable bonds is 7. The lowest BCUT2D eigenvalue weighted by Gasteiger charge is -2.35. The van der Waals surface area contributed by atoms with Crippen LogP contribution >= 0.6 is 0 Å². The fourth-order valence-corrected chi connectivity index (χ4v) is 3.00. The third-order valence-corrected chi connectivity index (χ3v) is 4.50. The number of carbonyl (C=O) groups is 1. The second-order valence-electron chi connectivity index (χ2n) is 6.23. The van der Waals surface area contributed by atoms with Crippen LogP contribution in [0.1, 0.15) is 18.1 Å². The zero-order valence-corrected chi connectivity index (χ0v) is 15.2. The SMILES string of the molecule is COc1cc(C)c(CN2CCN(CCNC(C)=O)CC2)cc1OC. The number of ether oxygens (including phenoxy) is 2. The van der Waals surface area contributed by atoms with Gasteiger partial charge in [0.05, 0.1) is 14.2 Å². The predicted octanol–water partition coefficient (Wildman–Crippen LogP) is 1.27. The number of piperazine rings is 1. The molecule has 0 bridgehead atoms. The molecule has 1 aliphatic heterocycles. The lowest BCUT2D eigenvalue weighted by atomic mass is 10.1. The number of benzene rings is 1. The van der Waals surface area contributed by atoms with Crippen LogP contribution in [-0.4, -0.2) is 69.2 Å². The molecule has 1 fully saturated rings. The molecule has 2 rings (SSSR count). The van der Waals surface area contributed by atoms with Gasteiger partial charge in [-0.1, -0.05) is 0 Å². The average molecular weight is 335 g/mol. The van der Waals surface area contributed by atoms with Gasteiger partial charge in [0.1, 0.15) is 0 Å². The molecule has 0 aromatic heterocycles. The van der Waals surface area contributed by atoms with Gasteiger partial charge in [-0.2, -0.15) is 0 Å². The summed E-state index contributed by atoms with van der Waals surface area (Å²) in [6.07, 6.45) is 0. The van der Waals surface area contributed by atoms with Crippen LogP contribution in [0.4, 0.5) is 0 Å². The molecule has 1 heterocycles. The molecule has 1 aromatic carbocycles. The summed E-state index contributed by atoms with van der Waals surface area (Å²) < 4.78 is 10.8. The molecule has 1 N–H and O–H groups in total. The highest BCUT2D eigenvalue weighted by atomic mass is 16.5. The van der Waals surface area contributed by atoms with E-state index in [1.165, 1.54) is 11.1 Å². The highest BCUT2D eigenvalue weighted by Crippen LogP contribution is 2.30. The molecule has 1 saturated heterocycles. The van der Waals surface area contributed by atoms with Gasteiger partial charge in [0.2, 0.25) is 5.91 Å². The van der Waals surface area contributed by atoms with Crippen LogP contribution in [0.25, 0.3) is 0 Å². The van der Waals surface area contributed by atoms with E-state index >= 15 is 0 Å². The predicted molar refractivity (Wildman–Crippen MR) is 94.7 cm³/mol. The van der Waals surface area contributed by atoms with E-state index in [0.29, 0.717) is 0 Å². The number of carbonyl (C=O) groups excluding carboxylic acids is 1. The maximum absolute atomic E-state index is 10.9. The molecule has 1 amide bonds. The number of hydrogen-bond acceptors (Lipinski definition) is 5. The maximum Gasteiger partial charge on any atom is 0.216 e. The van der Waals surface area contributed by atoms with Gasteiger partial charge in [0.25, 0.3) is 0 Å². The summed E-state index contributed by atoms with van der Waals surface area (Å²) in [5.41, 5.74) is 2.50. The smallest absolute Gasteiger partial charge is 0.216 e. The lowest BCUT2D eigenvalue weighted by Crippen LogP contribution is -2.47. The van der Waals surface area contributed by atoms with Crippen molar-refractivity contribution in [3.05, 3.63) is 23.3 Å². The van der Waals surface area contributed by atoms with Gasteiger partial charge in [0.15, 0.2) is 11.5 Å². The minimum absolute atomic E-state index is 0.0394. The molecule has 0 aliphatic carbocycles. The van der Waals surface area contributed by atoms with Crippen LogP contribution in [0.3, 0.4) is 0 Å². The third kappa shape index (κ3) is 5.11. The van der Waals surface area contributed by atoms with Crippen LogP contribution in [0.5, 0.6) is 11.5 Å². The Labute approximate surface area is 144 Å². The molecule has 0 unspecified atom stereocenters. The van der Waals surface area contributed by atoms with Gasteiger partial charge in [-0.25, -0.2) is 0 Å². The molecule has 1 aliphatic rings. The van der Waals surface area contributed by atoms with Gasteiger partial charge >= 0.3 is 0 Å². The summed E-state index contributed by atoms with van der Waals surface area (Å²) in [6, 6.07) is 4.12. The Morgan fingerprint density at radius 2 is 1.67 bits per heavy atom. The summed E-state index contributed by atoms with van der Waals surface area (Å²) in [7, 11) is 3.34. The monoisotopic (exact) mass is 335 g/mol. The number of nitrogens with zero attached hydrogens (tertiary/aromatic N) is 2. The first-order chi connectivity index (χ1) is 11.5. The van der Waals surface area contributed by atoms with Crippen molar-refractivity contribution in [3.63, 3.8) is 0 Å². The molecule has 1 aromatic rings. The normalized spacial score (nSPS) is 16.0. The summed E-state index contributed by atoms with van der Waals surface area (Å²) >= 11 is 0. The first kappa shape index (κ1) is 18.5. The lowest BCUT2D eigenvalue weighted by molar-refractivity contribution is -0.119. The molecule has 134 valence electrons. The van der Waals surface area contributed by atoms with Crippen LogP contribution in [0.2, 0.25) is 0 Å². The van der Waals surface area contributed by atoms with E-state index in [4.69, 9.17) is 9.47 Å². The molecular formula is C18H29N3O3. The van der Waals surface area contributed by atoms with E-state index in [0.717, 1.165) is 57.3 Å². The molecular weight excluding hydrogens is 306 g/mol. The first-order valence-corrected chi connectivity index (χ1v) is 8.44. The summed E-state index contributed by atoms with van der Waals surface area (Å²) in [4.78, 5) is 15.8. The van der Waals surface area contributed by atoms with Crippen molar-refractivity contribution in [2.24, 2.45) is 0 Å². The van der Waals surface area contributed by atoms with Crippen molar-refractivity contribution in [2.45, 2.75) is 20.4 Å². The summed E-state index contributed by atoms with van der Waals surface area (Å²) in [6.45, 7) is 10.4. The number of nitrogens with one attached hydrogen (secondary N) is 1. The van der Waals surface area contributed by atoms with Gasteiger partial charge < -0.3 is 14.8 Å². The Balaban J connectivity index is 1.86. The topological polar surface area (TPSA) is 54.0 Å². The second kappa shape index (κ2) is 8.89. The second-order valence-corrected chi connectivity index (χ2v) is 6.23. The highest BCUT2D eigenvalue weighted by Gasteiger charge is 2.18. The van der Waals surface area contributed by atoms with Crippen molar-refractivity contribution in [1.29, 1.82) is 0 Å². The minimum Gasteiger partial charge on any atom is -0.493 e. The van der Waals surface area contributed by atoms with Crippen molar-refractivity contribution in [2.75, 3.05) is 53.5 Å². The van der Waals surface area contributed by atoms with Crippen LogP contribution in [0.15, 0.2) is 12.1 Å². The van der Waals surface area contributed by atoms with Gasteiger partial charge in [-0.15, -0.1) is 0 Å².